The van der Waals surface area contributed by atoms with E-state index in [2.05, 4.69) is 22.8 Å². The van der Waals surface area contributed by atoms with E-state index < -0.39 is 65.2 Å². The van der Waals surface area contributed by atoms with E-state index in [-0.39, 0.29) is 23.5 Å². The predicted octanol–water partition coefficient (Wildman–Crippen LogP) is 8.69. The van der Waals surface area contributed by atoms with Gasteiger partial charge in [-0.05, 0) is 140 Å². The molecule has 69 heavy (non-hydrogen) atoms. The molecule has 4 fully saturated rings. The molecule has 6 N–H and O–H groups in total. The molecule has 0 bridgehead atoms. The first kappa shape index (κ1) is 49.3. The Labute approximate surface area is 404 Å². The normalized spacial score (nSPS) is 24.3. The minimum absolute atomic E-state index is 0.0423. The minimum atomic E-state index is -0.723. The SMILES string of the molecule is CC(C)(C)OC(=O)N1CCC[C@H]1C(=O)Nc1ccc([C@H]2CC[C@H](C3=CC(N)C(NC(=O)[C@@H]4CCCN4C(=O)OC(C)(C)C)C=C3)N2c2cc(F)c(N3CCC(c4ccccc4)CC3)c(F)c2)cc1N. The summed E-state index contributed by atoms with van der Waals surface area (Å²) in [5.74, 6) is -1.69. The van der Waals surface area contributed by atoms with Crippen molar-refractivity contribution in [2.45, 2.75) is 146 Å². The van der Waals surface area contributed by atoms with Gasteiger partial charge in [0.25, 0.3) is 0 Å². The number of nitrogens with one attached hydrogen (secondary N) is 2. The Balaban J connectivity index is 1.03. The third-order valence-corrected chi connectivity index (χ3v) is 13.8. The molecule has 4 heterocycles. The summed E-state index contributed by atoms with van der Waals surface area (Å²) in [6.45, 7) is 12.5. The molecule has 3 aromatic carbocycles. The largest absolute Gasteiger partial charge is 0.444 e. The number of carbonyl (C=O) groups excluding carboxylic acids is 4. The zero-order valence-corrected chi connectivity index (χ0v) is 40.7. The average Bonchev–Trinajstić information content (AvgIpc) is 4.08. The highest BCUT2D eigenvalue weighted by Gasteiger charge is 2.42. The number of piperidine rings is 1. The maximum absolute atomic E-state index is 16.6. The number of likely N-dealkylation sites (tertiary alicyclic amines) is 2. The molecule has 2 unspecified atom stereocenters. The topological polar surface area (TPSA) is 176 Å². The number of anilines is 4. The molecule has 5 aliphatic rings. The minimum Gasteiger partial charge on any atom is -0.444 e. The van der Waals surface area contributed by atoms with Crippen molar-refractivity contribution < 1.29 is 37.4 Å². The molecular weight excluding hydrogens is 883 g/mol. The summed E-state index contributed by atoms with van der Waals surface area (Å²) in [5, 5.41) is 5.96. The number of rotatable bonds is 9. The van der Waals surface area contributed by atoms with Gasteiger partial charge < -0.3 is 41.4 Å². The lowest BCUT2D eigenvalue weighted by Crippen LogP contribution is -2.54. The van der Waals surface area contributed by atoms with Gasteiger partial charge in [0.2, 0.25) is 11.8 Å². The summed E-state index contributed by atoms with van der Waals surface area (Å²) in [5.41, 5.74) is 15.8. The predicted molar refractivity (Wildman–Crippen MR) is 264 cm³/mol. The molecule has 370 valence electrons. The summed E-state index contributed by atoms with van der Waals surface area (Å²) in [7, 11) is 0. The number of halogens is 2. The molecule has 6 atom stereocenters. The van der Waals surface area contributed by atoms with Crippen molar-refractivity contribution in [2.75, 3.05) is 47.0 Å². The first-order chi connectivity index (χ1) is 32.7. The fourth-order valence-corrected chi connectivity index (χ4v) is 10.6. The van der Waals surface area contributed by atoms with Crippen LogP contribution in [0.2, 0.25) is 0 Å². The Morgan fingerprint density at radius 3 is 1.84 bits per heavy atom. The molecule has 0 saturated carbocycles. The number of benzene rings is 3. The van der Waals surface area contributed by atoms with Crippen molar-refractivity contribution in [3.63, 3.8) is 0 Å². The number of carbonyl (C=O) groups is 4. The lowest BCUT2D eigenvalue weighted by Gasteiger charge is -2.37. The van der Waals surface area contributed by atoms with Gasteiger partial charge in [-0.15, -0.1) is 0 Å². The van der Waals surface area contributed by atoms with E-state index in [4.69, 9.17) is 20.9 Å². The Hall–Kier alpha value is -6.16. The number of hydrogen-bond acceptors (Lipinski definition) is 10. The van der Waals surface area contributed by atoms with Gasteiger partial charge in [0.1, 0.15) is 29.0 Å². The molecule has 0 radical (unpaired) electrons. The lowest BCUT2D eigenvalue weighted by molar-refractivity contribution is -0.126. The Morgan fingerprint density at radius 2 is 1.28 bits per heavy atom. The number of nitrogen functional groups attached to an aromatic ring is 1. The molecular formula is C53H68F2N8O6. The Bertz CT molecular complexity index is 2440. The average molecular weight is 951 g/mol. The van der Waals surface area contributed by atoms with Crippen LogP contribution in [0.25, 0.3) is 0 Å². The molecule has 1 aliphatic carbocycles. The van der Waals surface area contributed by atoms with Crippen LogP contribution in [0, 0.1) is 11.6 Å². The van der Waals surface area contributed by atoms with E-state index in [1.807, 2.05) is 47.4 Å². The summed E-state index contributed by atoms with van der Waals surface area (Å²) in [6.07, 6.45) is 9.57. The lowest BCUT2D eigenvalue weighted by atomic mass is 9.89. The van der Waals surface area contributed by atoms with Crippen molar-refractivity contribution in [3.05, 3.63) is 107 Å². The van der Waals surface area contributed by atoms with E-state index in [0.717, 1.165) is 24.0 Å². The van der Waals surface area contributed by atoms with Crippen molar-refractivity contribution in [1.82, 2.24) is 15.1 Å². The highest BCUT2D eigenvalue weighted by Crippen LogP contribution is 2.46. The fourth-order valence-electron chi connectivity index (χ4n) is 10.6. The monoisotopic (exact) mass is 951 g/mol. The number of hydrogen-bond donors (Lipinski definition) is 4. The van der Waals surface area contributed by atoms with Crippen LogP contribution in [0.1, 0.15) is 116 Å². The van der Waals surface area contributed by atoms with Crippen LogP contribution >= 0.6 is 0 Å². The van der Waals surface area contributed by atoms with Crippen LogP contribution in [0.4, 0.5) is 41.1 Å². The van der Waals surface area contributed by atoms with Crippen molar-refractivity contribution in [3.8, 4) is 0 Å². The van der Waals surface area contributed by atoms with Gasteiger partial charge >= 0.3 is 12.2 Å². The summed E-state index contributed by atoms with van der Waals surface area (Å²) in [4.78, 5) is 60.0. The zero-order chi connectivity index (χ0) is 49.4. The smallest absolute Gasteiger partial charge is 0.410 e. The highest BCUT2D eigenvalue weighted by molar-refractivity contribution is 5.99. The maximum atomic E-state index is 16.6. The number of nitrogens with two attached hydrogens (primary N) is 2. The van der Waals surface area contributed by atoms with Gasteiger partial charge in [-0.3, -0.25) is 19.4 Å². The van der Waals surface area contributed by atoms with E-state index in [9.17, 15) is 19.2 Å². The second kappa shape index (κ2) is 20.1. The van der Waals surface area contributed by atoms with Crippen LogP contribution in [0.3, 0.4) is 0 Å². The van der Waals surface area contributed by atoms with Crippen molar-refractivity contribution in [1.29, 1.82) is 0 Å². The standard InChI is InChI=1S/C53H68F2N8O6/c1-52(2,3)68-50(66)61-24-10-14-45(61)48(64)58-41-18-16-34(28-39(41)56)43-20-21-44(35-17-19-42(40(57)29-35)59-49(65)46-15-11-25-62(46)51(67)69-53(4,5)6)63(43)36-30-37(54)47(38(55)31-36)60-26-22-33(23-27-60)32-12-8-7-9-13-32/h7-9,12-13,16-19,28-31,33,39,41,43-46H,10-11,14-15,20-27,56-57H2,1-6H3,(H,58,64)(H,59,65)/t39?,41?,43-,44-,45+,46+/m1/s1. The van der Waals surface area contributed by atoms with Crippen LogP contribution < -0.4 is 31.9 Å². The van der Waals surface area contributed by atoms with Gasteiger partial charge in [-0.25, -0.2) is 18.4 Å². The van der Waals surface area contributed by atoms with E-state index >= 15 is 8.78 Å². The first-order valence-corrected chi connectivity index (χ1v) is 24.5. The van der Waals surface area contributed by atoms with Crippen LogP contribution in [-0.4, -0.2) is 101 Å². The van der Waals surface area contributed by atoms with Gasteiger partial charge in [0.05, 0.1) is 29.5 Å². The summed E-state index contributed by atoms with van der Waals surface area (Å²) >= 11 is 0. The highest BCUT2D eigenvalue weighted by atomic mass is 19.1. The van der Waals surface area contributed by atoms with Crippen LogP contribution in [-0.2, 0) is 19.1 Å². The molecule has 4 saturated heterocycles. The third-order valence-electron chi connectivity index (χ3n) is 13.8. The molecule has 4 amide bonds. The first-order valence-electron chi connectivity index (χ1n) is 24.5. The quantitative estimate of drug-likeness (QED) is 0.152. The second-order valence-corrected chi connectivity index (χ2v) is 21.1. The Kier molecular flexibility index (Phi) is 14.3. The maximum Gasteiger partial charge on any atom is 0.410 e. The van der Waals surface area contributed by atoms with E-state index in [0.29, 0.717) is 87.7 Å². The molecule has 4 aliphatic heterocycles. The van der Waals surface area contributed by atoms with Crippen LogP contribution in [0.5, 0.6) is 0 Å². The number of amides is 4. The van der Waals surface area contributed by atoms with Gasteiger partial charge in [-0.1, -0.05) is 54.6 Å². The molecule has 0 aromatic heterocycles. The van der Waals surface area contributed by atoms with Crippen LogP contribution in [0.15, 0.2) is 84.5 Å². The van der Waals surface area contributed by atoms with Gasteiger partial charge in [0, 0.05) is 37.9 Å². The van der Waals surface area contributed by atoms with Crippen molar-refractivity contribution in [2.24, 2.45) is 5.73 Å². The third kappa shape index (κ3) is 11.2. The zero-order valence-electron chi connectivity index (χ0n) is 40.7. The number of ether oxygens (including phenoxy) is 2. The van der Waals surface area contributed by atoms with E-state index in [1.165, 1.54) is 27.5 Å². The number of nitrogens with zero attached hydrogens (tertiary/aromatic N) is 4. The van der Waals surface area contributed by atoms with Gasteiger partial charge in [0.15, 0.2) is 11.6 Å². The molecule has 3 aromatic rings. The second-order valence-electron chi connectivity index (χ2n) is 21.1. The summed E-state index contributed by atoms with van der Waals surface area (Å²) in [6, 6.07) is 15.0. The summed E-state index contributed by atoms with van der Waals surface area (Å²) < 4.78 is 44.3. The van der Waals surface area contributed by atoms with Gasteiger partial charge in [-0.2, -0.15) is 0 Å². The van der Waals surface area contributed by atoms with Crippen molar-refractivity contribution >= 4 is 46.8 Å². The molecule has 0 spiro atoms. The molecule has 8 rings (SSSR count). The molecule has 16 heteroatoms. The Morgan fingerprint density at radius 1 is 0.696 bits per heavy atom. The molecule has 14 nitrogen and oxygen atoms in total. The van der Waals surface area contributed by atoms with E-state index in [1.54, 1.807) is 58.6 Å². The fraction of sp³-hybridized carbons (Fsp3) is 0.509.